The fourth-order valence-corrected chi connectivity index (χ4v) is 2.08. The third-order valence-electron chi connectivity index (χ3n) is 1.80. The fraction of sp³-hybridized carbons (Fsp3) is 0.667. The van der Waals surface area contributed by atoms with Crippen molar-refractivity contribution in [1.29, 1.82) is 0 Å². The smallest absolute Gasteiger partial charge is 0.331 e. The molecule has 1 unspecified atom stereocenters. The second kappa shape index (κ2) is 5.46. The minimum atomic E-state index is -0.822. The highest BCUT2D eigenvalue weighted by Gasteiger charge is 2.35. The molecule has 1 aliphatic rings. The van der Waals surface area contributed by atoms with E-state index in [1.165, 1.54) is 0 Å². The highest BCUT2D eigenvalue weighted by atomic mass is 127. The van der Waals surface area contributed by atoms with Gasteiger partial charge in [0.1, 0.15) is 14.8 Å². The van der Waals surface area contributed by atoms with E-state index >= 15 is 0 Å². The number of hydrogen-bond donors (Lipinski definition) is 2. The van der Waals surface area contributed by atoms with Gasteiger partial charge in [-0.25, -0.2) is 4.79 Å². The van der Waals surface area contributed by atoms with Gasteiger partial charge in [-0.3, -0.25) is 5.32 Å². The van der Waals surface area contributed by atoms with Gasteiger partial charge in [0.25, 0.3) is 0 Å². The van der Waals surface area contributed by atoms with E-state index in [2.05, 4.69) is 5.32 Å². The first-order valence-corrected chi connectivity index (χ1v) is 7.97. The molecule has 0 saturated heterocycles. The number of aliphatic hydroxyl groups is 1. The van der Waals surface area contributed by atoms with Gasteiger partial charge in [-0.05, 0) is 20.8 Å². The van der Waals surface area contributed by atoms with Gasteiger partial charge in [-0.2, -0.15) is 0 Å². The van der Waals surface area contributed by atoms with Crippen LogP contribution in [0.15, 0.2) is 11.5 Å². The van der Waals surface area contributed by atoms with Crippen molar-refractivity contribution in [1.82, 2.24) is 5.32 Å². The Morgan fingerprint density at radius 3 is 2.75 bits per heavy atom. The molecule has 92 valence electrons. The maximum atomic E-state index is 11.7. The summed E-state index contributed by atoms with van der Waals surface area (Å²) < 4.78 is 10.2. The third kappa shape index (κ3) is 3.70. The molecule has 1 atom stereocenters. The van der Waals surface area contributed by atoms with Gasteiger partial charge in [0, 0.05) is 21.2 Å². The highest BCUT2D eigenvalue weighted by Crippen LogP contribution is 2.25. The van der Waals surface area contributed by atoms with Crippen LogP contribution in [-0.2, 0) is 13.7 Å². The Labute approximate surface area is 111 Å². The number of rotatable bonds is 3. The van der Waals surface area contributed by atoms with Crippen molar-refractivity contribution in [2.45, 2.75) is 32.4 Å². The summed E-state index contributed by atoms with van der Waals surface area (Å²) in [5.41, 5.74) is -0.569. The van der Waals surface area contributed by atoms with Crippen LogP contribution in [0, 0.1) is 0 Å². The molecule has 0 bridgehead atoms. The van der Waals surface area contributed by atoms with Crippen molar-refractivity contribution in [3.8, 4) is 0 Å². The number of aliphatic hydroxyl groups excluding tert-OH is 1. The Bertz CT molecular complexity index is 313. The maximum absolute atomic E-state index is 11.7. The van der Waals surface area contributed by atoms with E-state index < -0.39 is 17.6 Å². The second-order valence-electron chi connectivity index (χ2n) is 4.30. The van der Waals surface area contributed by atoms with Crippen LogP contribution in [0.1, 0.15) is 20.8 Å². The normalized spacial score (nSPS) is 21.1. The van der Waals surface area contributed by atoms with Crippen LogP contribution < -0.4 is 5.32 Å². The zero-order chi connectivity index (χ0) is 12.3. The van der Waals surface area contributed by atoms with E-state index in [1.807, 2.05) is 21.2 Å². The lowest BCUT2D eigenvalue weighted by Crippen LogP contribution is -2.39. The zero-order valence-corrected chi connectivity index (χ0v) is 12.2. The molecule has 0 aromatic carbocycles. The van der Waals surface area contributed by atoms with Gasteiger partial charge in [-0.15, -0.1) is 0 Å². The predicted molar refractivity (Wildman–Crippen MR) is 70.0 cm³/mol. The average molecular weight is 359 g/mol. The lowest BCUT2D eigenvalue weighted by atomic mass is 10.2. The Hall–Kier alpha value is -0.150. The van der Waals surface area contributed by atoms with E-state index in [4.69, 9.17) is 8.92 Å². The van der Waals surface area contributed by atoms with Gasteiger partial charge < -0.3 is 14.0 Å². The molecule has 0 aromatic heterocycles. The lowest BCUT2D eigenvalue weighted by molar-refractivity contribution is -0.156. The average Bonchev–Trinajstić information content (AvgIpc) is 2.46. The van der Waals surface area contributed by atoms with E-state index in [1.54, 1.807) is 20.8 Å². The van der Waals surface area contributed by atoms with Crippen molar-refractivity contribution < 1.29 is 18.8 Å². The molecule has 0 aliphatic carbocycles. The van der Waals surface area contributed by atoms with Gasteiger partial charge in [-0.1, -0.05) is 0 Å². The summed E-state index contributed by atoms with van der Waals surface area (Å²) in [4.78, 5) is 11.7. The van der Waals surface area contributed by atoms with Gasteiger partial charge in [0.05, 0.1) is 6.54 Å². The molecule has 0 saturated carbocycles. The molecule has 5 nitrogen and oxygen atoms in total. The number of nitrogens with one attached hydrogen (secondary N) is 1. The molecule has 7 heteroatoms. The first-order chi connectivity index (χ1) is 7.35. The minimum Gasteiger partial charge on any atom is -0.507 e. The number of ether oxygens (including phenoxy) is 1. The van der Waals surface area contributed by atoms with Crippen molar-refractivity contribution in [3.63, 3.8) is 0 Å². The number of halogens is 1. The molecule has 0 spiro atoms. The van der Waals surface area contributed by atoms with Crippen LogP contribution in [0.25, 0.3) is 0 Å². The molecule has 0 amide bonds. The van der Waals surface area contributed by atoms with E-state index in [-0.39, 0.29) is 5.76 Å². The number of hydrogen-bond acceptors (Lipinski definition) is 6. The molecular weight excluding hydrogens is 345 g/mol. The Kier molecular flexibility index (Phi) is 4.74. The Morgan fingerprint density at radius 1 is 1.62 bits per heavy atom. The first kappa shape index (κ1) is 13.9. The third-order valence-corrected chi connectivity index (χ3v) is 2.60. The summed E-state index contributed by atoms with van der Waals surface area (Å²) in [6.45, 7) is 5.65. The molecule has 0 fully saturated rings. The van der Waals surface area contributed by atoms with Gasteiger partial charge >= 0.3 is 5.97 Å². The molecule has 2 N–H and O–H groups in total. The topological polar surface area (TPSA) is 67.8 Å². The van der Waals surface area contributed by atoms with E-state index in [0.29, 0.717) is 12.3 Å². The second-order valence-corrected chi connectivity index (χ2v) is 5.67. The zero-order valence-electron chi connectivity index (χ0n) is 9.24. The summed E-state index contributed by atoms with van der Waals surface area (Å²) in [6, 6.07) is -0.822. The van der Waals surface area contributed by atoms with Crippen LogP contribution in [0.4, 0.5) is 0 Å². The molecule has 16 heavy (non-hydrogen) atoms. The van der Waals surface area contributed by atoms with Crippen LogP contribution >= 0.6 is 30.4 Å². The molecule has 1 rings (SSSR count). The summed E-state index contributed by atoms with van der Waals surface area (Å²) in [5, 5.41) is 12.5. The number of esters is 1. The lowest BCUT2D eigenvalue weighted by Gasteiger charge is -2.21. The summed E-state index contributed by atoms with van der Waals surface area (Å²) in [7, 11) is 1.09. The molecule has 1 aliphatic heterocycles. The molecule has 1 heterocycles. The van der Waals surface area contributed by atoms with Crippen LogP contribution in [0.2, 0.25) is 0 Å². The predicted octanol–water partition coefficient (Wildman–Crippen LogP) is 2.08. The Balaban J connectivity index is 2.66. The van der Waals surface area contributed by atoms with E-state index in [9.17, 15) is 9.90 Å². The summed E-state index contributed by atoms with van der Waals surface area (Å²) in [5.74, 6) is -0.226. The number of carbonyl (C=O) groups excluding carboxylic acids is 1. The molecular formula is C9H14INO4S. The van der Waals surface area contributed by atoms with Crippen LogP contribution in [0.3, 0.4) is 0 Å². The number of carbonyl (C=O) groups is 1. The summed E-state index contributed by atoms with van der Waals surface area (Å²) in [6.07, 6.45) is 0. The Morgan fingerprint density at radius 2 is 2.25 bits per heavy atom. The molecule has 0 radical (unpaired) electrons. The summed E-state index contributed by atoms with van der Waals surface area (Å²) >= 11 is 1.94. The van der Waals surface area contributed by atoms with E-state index in [0.717, 1.165) is 9.21 Å². The molecule has 0 aromatic rings. The maximum Gasteiger partial charge on any atom is 0.331 e. The quantitative estimate of drug-likeness (QED) is 0.457. The fourth-order valence-electron chi connectivity index (χ4n) is 1.21. The van der Waals surface area contributed by atoms with Crippen molar-refractivity contribution in [3.05, 3.63) is 11.5 Å². The van der Waals surface area contributed by atoms with Crippen molar-refractivity contribution >= 4 is 36.4 Å². The van der Waals surface area contributed by atoms with Gasteiger partial charge in [0.2, 0.25) is 0 Å². The van der Waals surface area contributed by atoms with Crippen LogP contribution in [-0.4, -0.2) is 29.3 Å². The monoisotopic (exact) mass is 359 g/mol. The SMILES string of the molecule is CC(C)(C)OC(=O)C1NCC(OSI)=C1O. The highest BCUT2D eigenvalue weighted by molar-refractivity contribution is 14.2. The van der Waals surface area contributed by atoms with Gasteiger partial charge in [0.15, 0.2) is 17.6 Å². The largest absolute Gasteiger partial charge is 0.507 e. The van der Waals surface area contributed by atoms with Crippen molar-refractivity contribution in [2.75, 3.05) is 6.54 Å². The van der Waals surface area contributed by atoms with Crippen LogP contribution in [0.5, 0.6) is 0 Å². The minimum absolute atomic E-state index is 0.0987. The standard InChI is InChI=1S/C9H14INO4S/c1-9(2,3)14-8(13)6-7(12)5(4-11-6)15-16-10/h6,11-12H,4H2,1-3H3. The van der Waals surface area contributed by atoms with Crippen molar-refractivity contribution in [2.24, 2.45) is 0 Å². The first-order valence-electron chi connectivity index (χ1n) is 4.68.